The monoisotopic (exact) mass is 575 g/mol. The van der Waals surface area contributed by atoms with E-state index in [1.807, 2.05) is 24.3 Å². The summed E-state index contributed by atoms with van der Waals surface area (Å²) >= 11 is 3.39. The summed E-state index contributed by atoms with van der Waals surface area (Å²) in [5, 5.41) is 17.5. The Morgan fingerprint density at radius 2 is 1.70 bits per heavy atom. The van der Waals surface area contributed by atoms with Crippen molar-refractivity contribution >= 4 is 39.6 Å². The second-order valence-corrected chi connectivity index (χ2v) is 9.51. The molecular weight excluding hydrogens is 542 g/mol. The Bertz CT molecular complexity index is 1100. The molecule has 0 radical (unpaired) electrons. The van der Waals surface area contributed by atoms with Gasteiger partial charge in [0.2, 0.25) is 23.6 Å². The Balaban J connectivity index is 1.94. The molecule has 0 saturated carbocycles. The summed E-state index contributed by atoms with van der Waals surface area (Å²) in [6, 6.07) is 11.5. The van der Waals surface area contributed by atoms with E-state index in [0.717, 1.165) is 15.6 Å². The van der Waals surface area contributed by atoms with E-state index < -0.39 is 35.8 Å². The van der Waals surface area contributed by atoms with Crippen molar-refractivity contribution in [3.8, 4) is 5.75 Å². The summed E-state index contributed by atoms with van der Waals surface area (Å²) in [6.07, 6.45) is 0.592. The lowest BCUT2D eigenvalue weighted by atomic mass is 10.0. The summed E-state index contributed by atoms with van der Waals surface area (Å²) in [5.74, 6) is -1.91. The zero-order chi connectivity index (χ0) is 27.5. The quantitative estimate of drug-likeness (QED) is 0.238. The molecular formula is C26H34BrN5O5. The van der Waals surface area contributed by atoms with E-state index in [-0.39, 0.29) is 31.2 Å². The molecule has 0 fully saturated rings. The minimum atomic E-state index is -0.903. The molecule has 6 N–H and O–H groups in total. The fraction of sp³-hybridized carbons (Fsp3) is 0.385. The van der Waals surface area contributed by atoms with Gasteiger partial charge >= 0.3 is 0 Å². The molecule has 2 rings (SSSR count). The maximum atomic E-state index is 12.9. The average molecular weight is 576 g/mol. The molecule has 0 aliphatic heterocycles. The van der Waals surface area contributed by atoms with E-state index in [0.29, 0.717) is 6.42 Å². The fourth-order valence-electron chi connectivity index (χ4n) is 3.81. The van der Waals surface area contributed by atoms with Crippen LogP contribution in [0.4, 0.5) is 0 Å². The molecule has 2 aromatic carbocycles. The number of aromatic hydroxyl groups is 1. The summed E-state index contributed by atoms with van der Waals surface area (Å²) < 4.78 is 0.842. The summed E-state index contributed by atoms with van der Waals surface area (Å²) in [4.78, 5) is 51.7. The van der Waals surface area contributed by atoms with Gasteiger partial charge in [-0.1, -0.05) is 40.2 Å². The number of hydrogen-bond acceptors (Lipinski definition) is 6. The van der Waals surface area contributed by atoms with Crippen molar-refractivity contribution in [1.82, 2.24) is 20.9 Å². The van der Waals surface area contributed by atoms with Gasteiger partial charge in [0.25, 0.3) is 0 Å². The number of benzene rings is 2. The number of likely N-dealkylation sites (N-methyl/N-ethyl adjacent to an activating group) is 2. The normalized spacial score (nSPS) is 13.2. The molecule has 0 saturated heterocycles. The van der Waals surface area contributed by atoms with Gasteiger partial charge in [0.15, 0.2) is 0 Å². The van der Waals surface area contributed by atoms with Gasteiger partial charge in [0, 0.05) is 17.4 Å². The maximum absolute atomic E-state index is 12.9. The van der Waals surface area contributed by atoms with Crippen molar-refractivity contribution in [2.45, 2.75) is 44.8 Å². The second-order valence-electron chi connectivity index (χ2n) is 8.59. The molecule has 10 nitrogen and oxygen atoms in total. The number of hydrogen-bond donors (Lipinski definition) is 5. The van der Waals surface area contributed by atoms with E-state index in [2.05, 4.69) is 31.9 Å². The van der Waals surface area contributed by atoms with Gasteiger partial charge in [-0.2, -0.15) is 0 Å². The molecule has 0 aliphatic carbocycles. The summed E-state index contributed by atoms with van der Waals surface area (Å²) in [5.41, 5.74) is 7.27. The number of primary amides is 1. The first-order valence-electron chi connectivity index (χ1n) is 11.9. The molecule has 4 amide bonds. The summed E-state index contributed by atoms with van der Waals surface area (Å²) in [7, 11) is 1.64. The van der Waals surface area contributed by atoms with Crippen LogP contribution in [0.1, 0.15) is 25.0 Å². The lowest BCUT2D eigenvalue weighted by Gasteiger charge is -2.29. The predicted octanol–water partition coefficient (Wildman–Crippen LogP) is 0.851. The molecule has 0 heterocycles. The Kier molecular flexibility index (Phi) is 11.5. The van der Waals surface area contributed by atoms with Gasteiger partial charge < -0.3 is 31.7 Å². The van der Waals surface area contributed by atoms with Crippen LogP contribution >= 0.6 is 15.9 Å². The van der Waals surface area contributed by atoms with Crippen LogP contribution in [0.5, 0.6) is 5.75 Å². The zero-order valence-corrected chi connectivity index (χ0v) is 22.7. The van der Waals surface area contributed by atoms with Gasteiger partial charge in [-0.25, -0.2) is 0 Å². The predicted molar refractivity (Wildman–Crippen MR) is 143 cm³/mol. The van der Waals surface area contributed by atoms with E-state index in [4.69, 9.17) is 5.73 Å². The van der Waals surface area contributed by atoms with Crippen molar-refractivity contribution in [3.05, 3.63) is 64.1 Å². The van der Waals surface area contributed by atoms with Crippen molar-refractivity contribution in [2.75, 3.05) is 20.1 Å². The highest BCUT2D eigenvalue weighted by Gasteiger charge is 2.28. The lowest BCUT2D eigenvalue weighted by molar-refractivity contribution is -0.139. The Morgan fingerprint density at radius 1 is 1.03 bits per heavy atom. The van der Waals surface area contributed by atoms with Crippen molar-refractivity contribution in [2.24, 2.45) is 5.73 Å². The summed E-state index contributed by atoms with van der Waals surface area (Å²) in [6.45, 7) is 3.12. The maximum Gasteiger partial charge on any atom is 0.242 e. The zero-order valence-electron chi connectivity index (χ0n) is 21.2. The molecule has 0 aliphatic rings. The van der Waals surface area contributed by atoms with E-state index in [9.17, 15) is 24.3 Å². The number of amides is 4. The van der Waals surface area contributed by atoms with Crippen LogP contribution in [0.25, 0.3) is 0 Å². The van der Waals surface area contributed by atoms with Crippen LogP contribution in [-0.4, -0.2) is 71.9 Å². The van der Waals surface area contributed by atoms with Gasteiger partial charge in [0.1, 0.15) is 17.8 Å². The highest BCUT2D eigenvalue weighted by Crippen LogP contribution is 2.15. The molecule has 11 heteroatoms. The molecule has 37 heavy (non-hydrogen) atoms. The minimum absolute atomic E-state index is 0.131. The lowest BCUT2D eigenvalue weighted by Crippen LogP contribution is -2.54. The SMILES string of the molecule is CCN(C(=O)CNC(=O)[C@@H](C)NC(=O)[C@H](Cc1ccc(O)cc1)NC)[C@@H](Cc1cccc(Br)c1)C(N)=O. The third-order valence-electron chi connectivity index (χ3n) is 5.89. The van der Waals surface area contributed by atoms with Crippen molar-refractivity contribution in [3.63, 3.8) is 0 Å². The molecule has 0 unspecified atom stereocenters. The second kappa shape index (κ2) is 14.3. The number of carbonyl (C=O) groups excluding carboxylic acids is 4. The molecule has 2 aromatic rings. The average Bonchev–Trinajstić information content (AvgIpc) is 2.86. The number of halogens is 1. The number of phenols is 1. The highest BCUT2D eigenvalue weighted by atomic mass is 79.9. The van der Waals surface area contributed by atoms with Crippen LogP contribution in [0.3, 0.4) is 0 Å². The minimum Gasteiger partial charge on any atom is -0.508 e. The van der Waals surface area contributed by atoms with Crippen LogP contribution in [0, 0.1) is 0 Å². The van der Waals surface area contributed by atoms with E-state index >= 15 is 0 Å². The Morgan fingerprint density at radius 3 is 2.27 bits per heavy atom. The van der Waals surface area contributed by atoms with Crippen LogP contribution in [0.2, 0.25) is 0 Å². The van der Waals surface area contributed by atoms with Crippen molar-refractivity contribution in [1.29, 1.82) is 0 Å². The topological polar surface area (TPSA) is 154 Å². The standard InChI is InChI=1S/C26H34BrN5O5/c1-4-32(22(24(28)35)14-18-6-5-7-19(27)12-18)23(34)15-30-25(36)16(2)31-26(37)21(29-3)13-17-8-10-20(33)11-9-17/h5-12,16,21-22,29,33H,4,13-15H2,1-3H3,(H2,28,35)(H,30,36)(H,31,37)/t16-,21+,22+/m1/s1. The highest BCUT2D eigenvalue weighted by molar-refractivity contribution is 9.10. The molecule has 0 bridgehead atoms. The van der Waals surface area contributed by atoms with Gasteiger partial charge in [0.05, 0.1) is 12.6 Å². The van der Waals surface area contributed by atoms with E-state index in [1.54, 1.807) is 26.1 Å². The number of nitrogens with two attached hydrogens (primary N) is 1. The van der Waals surface area contributed by atoms with Crippen molar-refractivity contribution < 1.29 is 24.3 Å². The first-order valence-corrected chi connectivity index (χ1v) is 12.7. The number of carbonyl (C=O) groups is 4. The Labute approximate surface area is 225 Å². The number of nitrogens with zero attached hydrogens (tertiary/aromatic N) is 1. The third-order valence-corrected chi connectivity index (χ3v) is 6.38. The number of rotatable bonds is 13. The van der Waals surface area contributed by atoms with Gasteiger partial charge in [-0.15, -0.1) is 0 Å². The largest absolute Gasteiger partial charge is 0.508 e. The smallest absolute Gasteiger partial charge is 0.242 e. The van der Waals surface area contributed by atoms with Crippen LogP contribution in [0.15, 0.2) is 53.0 Å². The number of nitrogens with one attached hydrogen (secondary N) is 3. The van der Waals surface area contributed by atoms with Gasteiger partial charge in [-0.3, -0.25) is 19.2 Å². The van der Waals surface area contributed by atoms with Crippen LogP contribution in [-0.2, 0) is 32.0 Å². The number of phenolic OH excluding ortho intramolecular Hbond substituents is 1. The molecule has 3 atom stereocenters. The first kappa shape index (κ1) is 29.8. The first-order chi connectivity index (χ1) is 17.5. The Hall–Kier alpha value is -3.44. The van der Waals surface area contributed by atoms with Crippen LogP contribution < -0.4 is 21.7 Å². The third kappa shape index (κ3) is 9.18. The van der Waals surface area contributed by atoms with E-state index in [1.165, 1.54) is 24.0 Å². The fourth-order valence-corrected chi connectivity index (χ4v) is 4.26. The van der Waals surface area contributed by atoms with Gasteiger partial charge in [-0.05, 0) is 62.7 Å². The molecule has 0 spiro atoms. The molecule has 200 valence electrons. The molecule has 0 aromatic heterocycles.